The molecule has 2 fully saturated rings. The maximum absolute atomic E-state index is 13.3. The summed E-state index contributed by atoms with van der Waals surface area (Å²) in [6, 6.07) is -2.30. The topological polar surface area (TPSA) is 125 Å². The van der Waals surface area contributed by atoms with Crippen molar-refractivity contribution in [2.24, 2.45) is 5.92 Å². The minimum absolute atomic E-state index is 0.0636. The highest BCUT2D eigenvalue weighted by Crippen LogP contribution is 2.29. The molecule has 178 valence electrons. The Labute approximate surface area is 189 Å². The molecular formula is C23H36N4O5. The molecule has 0 bridgehead atoms. The number of likely N-dealkylation sites (tertiary alicyclic amines) is 1. The lowest BCUT2D eigenvalue weighted by molar-refractivity contribution is -0.144. The summed E-state index contributed by atoms with van der Waals surface area (Å²) in [4.78, 5) is 63.6. The van der Waals surface area contributed by atoms with E-state index in [1.54, 1.807) is 0 Å². The molecule has 2 aliphatic rings. The number of amides is 4. The largest absolute Gasteiger partial charge is 0.347 e. The van der Waals surface area contributed by atoms with Crippen LogP contribution in [0.4, 0.5) is 0 Å². The number of hydrogen-bond acceptors (Lipinski definition) is 5. The number of hydrogen-bond donors (Lipinski definition) is 3. The third-order valence-electron chi connectivity index (χ3n) is 6.31. The van der Waals surface area contributed by atoms with Crippen molar-refractivity contribution in [3.63, 3.8) is 0 Å². The molecule has 3 N–H and O–H groups in total. The monoisotopic (exact) mass is 448 g/mol. The first-order chi connectivity index (χ1) is 15.4. The third kappa shape index (κ3) is 6.64. The second-order valence-electron chi connectivity index (χ2n) is 8.56. The van der Waals surface area contributed by atoms with Gasteiger partial charge in [-0.2, -0.15) is 0 Å². The first kappa shape index (κ1) is 25.5. The van der Waals surface area contributed by atoms with Crippen molar-refractivity contribution >= 4 is 29.9 Å². The van der Waals surface area contributed by atoms with Crippen molar-refractivity contribution in [2.45, 2.75) is 82.8 Å². The highest BCUT2D eigenvalue weighted by molar-refractivity contribution is 6.38. The van der Waals surface area contributed by atoms with E-state index in [0.29, 0.717) is 38.6 Å². The fraction of sp³-hybridized carbons (Fsp3) is 0.696. The third-order valence-corrected chi connectivity index (χ3v) is 6.31. The zero-order valence-electron chi connectivity index (χ0n) is 18.9. The first-order valence-corrected chi connectivity index (χ1v) is 11.7. The number of rotatable bonds is 12. The van der Waals surface area contributed by atoms with E-state index in [0.717, 1.165) is 32.1 Å². The van der Waals surface area contributed by atoms with Gasteiger partial charge in [0.05, 0.1) is 6.04 Å². The number of Topliss-reactive ketones (excluding diaryl/α,β-unsaturated/α-hetero) is 1. The fourth-order valence-electron chi connectivity index (χ4n) is 4.67. The van der Waals surface area contributed by atoms with Crippen LogP contribution < -0.4 is 16.0 Å². The van der Waals surface area contributed by atoms with Crippen LogP contribution in [0.25, 0.3) is 0 Å². The number of carbonyl (C=O) groups is 5. The molecule has 1 heterocycles. The summed E-state index contributed by atoms with van der Waals surface area (Å²) >= 11 is 0. The van der Waals surface area contributed by atoms with Gasteiger partial charge in [-0.15, -0.1) is 6.58 Å². The van der Waals surface area contributed by atoms with Crippen LogP contribution in [-0.4, -0.2) is 66.0 Å². The number of nitrogens with zero attached hydrogens (tertiary/aromatic N) is 1. The average molecular weight is 449 g/mol. The Morgan fingerprint density at radius 1 is 1.09 bits per heavy atom. The maximum Gasteiger partial charge on any atom is 0.289 e. The van der Waals surface area contributed by atoms with E-state index in [2.05, 4.69) is 22.5 Å². The minimum atomic E-state index is -0.947. The second kappa shape index (κ2) is 13.0. The van der Waals surface area contributed by atoms with E-state index in [1.165, 1.54) is 11.0 Å². The van der Waals surface area contributed by atoms with Gasteiger partial charge in [0.1, 0.15) is 12.1 Å². The number of nitrogens with one attached hydrogen (secondary N) is 3. The van der Waals surface area contributed by atoms with Gasteiger partial charge < -0.3 is 20.9 Å². The summed E-state index contributed by atoms with van der Waals surface area (Å²) in [7, 11) is 0. The molecule has 1 aliphatic heterocycles. The Hall–Kier alpha value is -2.71. The van der Waals surface area contributed by atoms with E-state index in [4.69, 9.17) is 0 Å². The van der Waals surface area contributed by atoms with Gasteiger partial charge in [0.15, 0.2) is 0 Å². The van der Waals surface area contributed by atoms with Crippen LogP contribution in [0.3, 0.4) is 0 Å². The number of carbonyl (C=O) groups excluding carboxylic acids is 5. The zero-order chi connectivity index (χ0) is 23.5. The normalized spacial score (nSPS) is 20.7. The van der Waals surface area contributed by atoms with Gasteiger partial charge in [0, 0.05) is 13.1 Å². The lowest BCUT2D eigenvalue weighted by Crippen LogP contribution is -2.57. The second-order valence-corrected chi connectivity index (χ2v) is 8.56. The molecule has 32 heavy (non-hydrogen) atoms. The van der Waals surface area contributed by atoms with Gasteiger partial charge in [-0.1, -0.05) is 38.7 Å². The van der Waals surface area contributed by atoms with Crippen LogP contribution in [0.15, 0.2) is 12.7 Å². The van der Waals surface area contributed by atoms with Gasteiger partial charge in [-0.25, -0.2) is 0 Å². The predicted octanol–water partition coefficient (Wildman–Crippen LogP) is 0.829. The van der Waals surface area contributed by atoms with E-state index in [9.17, 15) is 24.0 Å². The summed E-state index contributed by atoms with van der Waals surface area (Å²) in [5.41, 5.74) is 0. The Morgan fingerprint density at radius 3 is 2.44 bits per heavy atom. The average Bonchev–Trinajstić information content (AvgIpc) is 3.30. The Bertz CT molecular complexity index is 705. The highest BCUT2D eigenvalue weighted by Gasteiger charge is 2.41. The summed E-state index contributed by atoms with van der Waals surface area (Å²) in [6.45, 7) is 5.94. The van der Waals surface area contributed by atoms with E-state index < -0.39 is 35.7 Å². The van der Waals surface area contributed by atoms with E-state index in [1.807, 2.05) is 6.92 Å². The Morgan fingerprint density at radius 2 is 1.81 bits per heavy atom. The summed E-state index contributed by atoms with van der Waals surface area (Å²) in [5.74, 6) is -2.10. The van der Waals surface area contributed by atoms with Gasteiger partial charge >= 0.3 is 0 Å². The summed E-state index contributed by atoms with van der Waals surface area (Å²) in [5, 5.41) is 7.82. The molecule has 3 atom stereocenters. The van der Waals surface area contributed by atoms with Crippen molar-refractivity contribution in [1.29, 1.82) is 0 Å². The lowest BCUT2D eigenvalue weighted by Gasteiger charge is -2.34. The van der Waals surface area contributed by atoms with Crippen LogP contribution >= 0.6 is 0 Å². The van der Waals surface area contributed by atoms with Crippen molar-refractivity contribution < 1.29 is 24.0 Å². The Balaban J connectivity index is 2.08. The van der Waals surface area contributed by atoms with Gasteiger partial charge in [-0.3, -0.25) is 24.0 Å². The molecule has 0 radical (unpaired) electrons. The molecule has 2 rings (SSSR count). The van der Waals surface area contributed by atoms with Crippen LogP contribution in [0.2, 0.25) is 0 Å². The zero-order valence-corrected chi connectivity index (χ0v) is 18.9. The van der Waals surface area contributed by atoms with Crippen molar-refractivity contribution in [1.82, 2.24) is 20.9 Å². The van der Waals surface area contributed by atoms with Crippen LogP contribution in [-0.2, 0) is 24.0 Å². The molecule has 0 aromatic rings. The van der Waals surface area contributed by atoms with Gasteiger partial charge in [0.2, 0.25) is 24.0 Å². The van der Waals surface area contributed by atoms with Gasteiger partial charge in [0.25, 0.3) is 5.91 Å². The predicted molar refractivity (Wildman–Crippen MR) is 119 cm³/mol. The molecule has 1 saturated heterocycles. The fourth-order valence-corrected chi connectivity index (χ4v) is 4.67. The Kier molecular flexibility index (Phi) is 10.4. The smallest absolute Gasteiger partial charge is 0.289 e. The molecule has 1 saturated carbocycles. The summed E-state index contributed by atoms with van der Waals surface area (Å²) < 4.78 is 0. The molecule has 1 aliphatic carbocycles. The molecule has 0 aromatic carbocycles. The molecule has 0 spiro atoms. The van der Waals surface area contributed by atoms with Gasteiger partial charge in [-0.05, 0) is 38.0 Å². The van der Waals surface area contributed by atoms with E-state index >= 15 is 0 Å². The lowest BCUT2D eigenvalue weighted by atomic mass is 9.83. The van der Waals surface area contributed by atoms with Crippen molar-refractivity contribution in [3.8, 4) is 0 Å². The SMILES string of the molecule is C=CCNC(=O)C(=O)C(CCC)NC(=O)C1CCCN1C(=O)C(NC=O)C1CCCCC1. The highest BCUT2D eigenvalue weighted by atomic mass is 16.2. The van der Waals surface area contributed by atoms with E-state index in [-0.39, 0.29) is 18.4 Å². The summed E-state index contributed by atoms with van der Waals surface area (Å²) in [6.07, 6.45) is 9.00. The van der Waals surface area contributed by atoms with Crippen molar-refractivity contribution in [3.05, 3.63) is 12.7 Å². The first-order valence-electron chi connectivity index (χ1n) is 11.7. The molecule has 3 unspecified atom stereocenters. The van der Waals surface area contributed by atoms with Crippen LogP contribution in [0.5, 0.6) is 0 Å². The quantitative estimate of drug-likeness (QED) is 0.232. The number of ketones is 1. The standard InChI is InChI=1S/C23H36N4O5/c1-3-9-17(20(29)22(31)24-13-4-2)26-21(30)18-12-8-14-27(18)23(32)19(25-15-28)16-10-6-5-7-11-16/h4,15-19H,2-3,5-14H2,1H3,(H,24,31)(H,25,28)(H,26,30). The van der Waals surface area contributed by atoms with Crippen LogP contribution in [0, 0.1) is 5.92 Å². The molecule has 9 nitrogen and oxygen atoms in total. The minimum Gasteiger partial charge on any atom is -0.347 e. The molecule has 4 amide bonds. The molecule has 9 heteroatoms. The molecular weight excluding hydrogens is 412 g/mol. The van der Waals surface area contributed by atoms with Crippen LogP contribution in [0.1, 0.15) is 64.7 Å². The maximum atomic E-state index is 13.3. The van der Waals surface area contributed by atoms with Crippen molar-refractivity contribution in [2.75, 3.05) is 13.1 Å². The molecule has 0 aromatic heterocycles.